The van der Waals surface area contributed by atoms with Crippen LogP contribution in [0, 0.1) is 29.1 Å². The third-order valence-electron chi connectivity index (χ3n) is 9.73. The maximum Gasteiger partial charge on any atom is 0.404 e. The van der Waals surface area contributed by atoms with Crippen molar-refractivity contribution < 1.29 is 33.7 Å². The Morgan fingerprint density at radius 2 is 1.70 bits per heavy atom. The summed E-state index contributed by atoms with van der Waals surface area (Å²) in [6.45, 7) is 20.4. The predicted octanol–water partition coefficient (Wildman–Crippen LogP) is 5.85. The molecule has 0 bridgehead atoms. The number of carbonyl (C=O) groups is 3. The van der Waals surface area contributed by atoms with Crippen LogP contribution in [0.5, 0.6) is 0 Å². The Morgan fingerprint density at radius 3 is 2.26 bits per heavy atom. The predicted molar refractivity (Wildman–Crippen MR) is 202 cm³/mol. The summed E-state index contributed by atoms with van der Waals surface area (Å²) in [5.74, 6) is -1.29. The molecular weight excluding hydrogens is 653 g/mol. The van der Waals surface area contributed by atoms with Crippen molar-refractivity contribution >= 4 is 36.9 Å². The number of primary amides is 2. The van der Waals surface area contributed by atoms with Gasteiger partial charge in [0.2, 0.25) is 11.8 Å². The van der Waals surface area contributed by atoms with Gasteiger partial charge in [-0.2, -0.15) is 0 Å². The molecule has 0 spiro atoms. The standard InChI is InChI=1S/C38H66N4O7Si/c1-25(2)29(20-34(49-37(40)46)33(43)21-30(26(3)4)35(44)41-23-38(5,6)36(39)45)18-27-13-14-32-31(19-27)28(12-11-15-47-7)22-42(32)24-48-16-17-50(8,9)10/h13-14,19,22,25-26,29-30,33-34,43H,11-12,15-18,20-21,23-24H2,1-10H3,(H2,39,45)(H2,40,46)(H,41,44). The van der Waals surface area contributed by atoms with Gasteiger partial charge in [0.05, 0.1) is 17.0 Å². The summed E-state index contributed by atoms with van der Waals surface area (Å²) in [6.07, 6.45) is 2.12. The van der Waals surface area contributed by atoms with E-state index in [1.165, 1.54) is 10.9 Å². The monoisotopic (exact) mass is 718 g/mol. The molecule has 0 radical (unpaired) electrons. The summed E-state index contributed by atoms with van der Waals surface area (Å²) >= 11 is 0. The van der Waals surface area contributed by atoms with Gasteiger partial charge in [-0.3, -0.25) is 9.59 Å². The molecule has 0 saturated carbocycles. The fraction of sp³-hybridized carbons (Fsp3) is 0.711. The summed E-state index contributed by atoms with van der Waals surface area (Å²) in [4.78, 5) is 37.0. The van der Waals surface area contributed by atoms with Crippen molar-refractivity contribution in [2.24, 2.45) is 40.6 Å². The molecule has 3 amide bonds. The van der Waals surface area contributed by atoms with Gasteiger partial charge in [0.15, 0.2) is 0 Å². The number of nitrogens with one attached hydrogen (secondary N) is 1. The molecule has 1 aromatic carbocycles. The van der Waals surface area contributed by atoms with Crippen LogP contribution in [0.2, 0.25) is 25.7 Å². The Kier molecular flexibility index (Phi) is 17.0. The normalized spacial score (nSPS) is 14.9. The second-order valence-corrected chi connectivity index (χ2v) is 22.1. The quantitative estimate of drug-likeness (QED) is 0.0826. The van der Waals surface area contributed by atoms with Gasteiger partial charge in [-0.15, -0.1) is 0 Å². The summed E-state index contributed by atoms with van der Waals surface area (Å²) in [5.41, 5.74) is 13.6. The maximum absolute atomic E-state index is 13.2. The molecule has 12 heteroatoms. The number of aryl methyl sites for hydroxylation is 1. The number of nitrogens with two attached hydrogens (primary N) is 2. The van der Waals surface area contributed by atoms with Crippen molar-refractivity contribution in [2.45, 2.75) is 118 Å². The molecule has 1 heterocycles. The van der Waals surface area contributed by atoms with Gasteiger partial charge in [-0.25, -0.2) is 4.79 Å². The molecule has 4 unspecified atom stereocenters. The molecule has 0 aliphatic carbocycles. The highest BCUT2D eigenvalue weighted by Gasteiger charge is 2.34. The van der Waals surface area contributed by atoms with Gasteiger partial charge < -0.3 is 40.7 Å². The first-order valence-electron chi connectivity index (χ1n) is 18.1. The molecule has 11 nitrogen and oxygen atoms in total. The zero-order valence-electron chi connectivity index (χ0n) is 32.3. The number of ether oxygens (including phenoxy) is 3. The van der Waals surface area contributed by atoms with E-state index in [1.54, 1.807) is 21.0 Å². The molecule has 1 aromatic heterocycles. The third-order valence-corrected chi connectivity index (χ3v) is 11.4. The van der Waals surface area contributed by atoms with Crippen molar-refractivity contribution in [3.8, 4) is 0 Å². The lowest BCUT2D eigenvalue weighted by molar-refractivity contribution is -0.130. The minimum absolute atomic E-state index is 0.0399. The Balaban J connectivity index is 2.29. The minimum atomic E-state index is -1.19. The highest BCUT2D eigenvalue weighted by molar-refractivity contribution is 6.76. The molecule has 4 atom stereocenters. The molecule has 284 valence electrons. The van der Waals surface area contributed by atoms with Crippen LogP contribution < -0.4 is 16.8 Å². The van der Waals surface area contributed by atoms with E-state index in [1.807, 2.05) is 13.8 Å². The Bertz CT molecular complexity index is 1390. The topological polar surface area (TPSA) is 168 Å². The number of aliphatic hydroxyl groups excluding tert-OH is 1. The second kappa shape index (κ2) is 19.6. The molecule has 50 heavy (non-hydrogen) atoms. The van der Waals surface area contributed by atoms with Gasteiger partial charge >= 0.3 is 6.09 Å². The number of methoxy groups -OCH3 is 1. The maximum atomic E-state index is 13.2. The SMILES string of the molecule is COCCCc1cn(COCC[Si](C)(C)C)c2ccc(CC(CC(OC(N)=O)C(O)CC(C(=O)NCC(C)(C)C(N)=O)C(C)C)C(C)C)cc12. The van der Waals surface area contributed by atoms with Crippen LogP contribution in [0.1, 0.15) is 71.9 Å². The second-order valence-electron chi connectivity index (χ2n) is 16.5. The van der Waals surface area contributed by atoms with Crippen molar-refractivity contribution in [2.75, 3.05) is 26.9 Å². The summed E-state index contributed by atoms with van der Waals surface area (Å²) in [6, 6.07) is 7.66. The number of benzene rings is 1. The fourth-order valence-electron chi connectivity index (χ4n) is 6.04. The molecule has 2 aromatic rings. The molecule has 0 aliphatic heterocycles. The van der Waals surface area contributed by atoms with Crippen molar-refractivity contribution in [3.05, 3.63) is 35.5 Å². The number of hydrogen-bond acceptors (Lipinski definition) is 7. The molecule has 6 N–H and O–H groups in total. The molecule has 0 fully saturated rings. The molecule has 2 rings (SSSR count). The zero-order chi connectivity index (χ0) is 37.8. The molecular formula is C38H66N4O7Si. The number of carbonyl (C=O) groups excluding carboxylic acids is 3. The van der Waals surface area contributed by atoms with Gasteiger partial charge in [-0.1, -0.05) is 53.4 Å². The van der Waals surface area contributed by atoms with Crippen LogP contribution in [0.25, 0.3) is 10.9 Å². The Labute approximate surface area is 301 Å². The van der Waals surface area contributed by atoms with Crippen LogP contribution >= 0.6 is 0 Å². The van der Waals surface area contributed by atoms with E-state index in [-0.39, 0.29) is 36.6 Å². The van der Waals surface area contributed by atoms with E-state index >= 15 is 0 Å². The van der Waals surface area contributed by atoms with Crippen LogP contribution in [0.4, 0.5) is 4.79 Å². The highest BCUT2D eigenvalue weighted by atomic mass is 28.3. The number of rotatable bonds is 23. The summed E-state index contributed by atoms with van der Waals surface area (Å²) < 4.78 is 19.2. The molecule has 0 saturated heterocycles. The first kappa shape index (κ1) is 43.2. The highest BCUT2D eigenvalue weighted by Crippen LogP contribution is 2.31. The van der Waals surface area contributed by atoms with Crippen LogP contribution in [0.3, 0.4) is 0 Å². The summed E-state index contributed by atoms with van der Waals surface area (Å²) in [5, 5.41) is 15.5. The van der Waals surface area contributed by atoms with E-state index in [2.05, 4.69) is 67.8 Å². The first-order chi connectivity index (χ1) is 23.2. The lowest BCUT2D eigenvalue weighted by Crippen LogP contribution is -2.46. The van der Waals surface area contributed by atoms with Crippen LogP contribution in [-0.2, 0) is 43.4 Å². The average molecular weight is 719 g/mol. The first-order valence-corrected chi connectivity index (χ1v) is 21.9. The molecule has 0 aliphatic rings. The number of nitrogens with zero attached hydrogens (tertiary/aromatic N) is 1. The van der Waals surface area contributed by atoms with Crippen molar-refractivity contribution in [3.63, 3.8) is 0 Å². The van der Waals surface area contributed by atoms with Crippen LogP contribution in [0.15, 0.2) is 24.4 Å². The van der Waals surface area contributed by atoms with Gasteiger partial charge in [0, 0.05) is 52.4 Å². The van der Waals surface area contributed by atoms with E-state index in [0.717, 1.165) is 36.6 Å². The number of fused-ring (bicyclic) bond motifs is 1. The fourth-order valence-corrected chi connectivity index (χ4v) is 6.80. The van der Waals surface area contributed by atoms with E-state index in [9.17, 15) is 19.5 Å². The van der Waals surface area contributed by atoms with Crippen molar-refractivity contribution in [1.29, 1.82) is 0 Å². The van der Waals surface area contributed by atoms with E-state index in [4.69, 9.17) is 25.7 Å². The number of aromatic nitrogens is 1. The Hall–Kier alpha value is -2.93. The third kappa shape index (κ3) is 14.0. The number of hydrogen-bond donors (Lipinski definition) is 4. The van der Waals surface area contributed by atoms with Gasteiger partial charge in [-0.05, 0) is 93.0 Å². The van der Waals surface area contributed by atoms with Crippen LogP contribution in [-0.4, -0.2) is 74.7 Å². The Morgan fingerprint density at radius 1 is 1.02 bits per heavy atom. The van der Waals surface area contributed by atoms with E-state index in [0.29, 0.717) is 26.2 Å². The average Bonchev–Trinajstić information content (AvgIpc) is 3.35. The number of amides is 3. The van der Waals surface area contributed by atoms with Crippen molar-refractivity contribution in [1.82, 2.24) is 9.88 Å². The summed E-state index contributed by atoms with van der Waals surface area (Å²) in [7, 11) is 0.530. The lowest BCUT2D eigenvalue weighted by atomic mass is 9.81. The minimum Gasteiger partial charge on any atom is -0.444 e. The zero-order valence-corrected chi connectivity index (χ0v) is 33.3. The van der Waals surface area contributed by atoms with Gasteiger partial charge in [0.1, 0.15) is 12.8 Å². The number of aliphatic hydroxyl groups is 1. The smallest absolute Gasteiger partial charge is 0.404 e. The largest absolute Gasteiger partial charge is 0.444 e. The van der Waals surface area contributed by atoms with E-state index < -0.39 is 43.6 Å². The lowest BCUT2D eigenvalue weighted by Gasteiger charge is -2.31. The van der Waals surface area contributed by atoms with Gasteiger partial charge in [0.25, 0.3) is 0 Å².